The van der Waals surface area contributed by atoms with Gasteiger partial charge in [0.2, 0.25) is 5.91 Å². The first kappa shape index (κ1) is 12.6. The molecular weight excluding hydrogens is 286 g/mol. The SMILES string of the molecule is O=C(CO)N1CCC(Cn2cc(Br)cn2)CC1. The standard InChI is InChI=1S/C11H16BrN3O2/c12-10-5-13-15(7-10)6-9-1-3-14(4-2-9)11(17)8-16/h5,7,9,16H,1-4,6,8H2. The van der Waals surface area contributed by atoms with Crippen LogP contribution >= 0.6 is 15.9 Å². The molecule has 17 heavy (non-hydrogen) atoms. The molecule has 6 heteroatoms. The van der Waals surface area contributed by atoms with Crippen LogP contribution in [-0.4, -0.2) is 45.4 Å². The van der Waals surface area contributed by atoms with Crippen LogP contribution in [0.2, 0.25) is 0 Å². The smallest absolute Gasteiger partial charge is 0.248 e. The van der Waals surface area contributed by atoms with E-state index in [0.717, 1.165) is 36.9 Å². The van der Waals surface area contributed by atoms with Crippen molar-refractivity contribution >= 4 is 21.8 Å². The quantitative estimate of drug-likeness (QED) is 0.901. The molecule has 1 fully saturated rings. The van der Waals surface area contributed by atoms with Crippen LogP contribution in [0.4, 0.5) is 0 Å². The molecule has 0 aliphatic carbocycles. The number of halogens is 1. The van der Waals surface area contributed by atoms with Crippen molar-refractivity contribution in [2.24, 2.45) is 5.92 Å². The number of likely N-dealkylation sites (tertiary alicyclic amines) is 1. The van der Waals surface area contributed by atoms with Crippen LogP contribution in [-0.2, 0) is 11.3 Å². The highest BCUT2D eigenvalue weighted by molar-refractivity contribution is 9.10. The summed E-state index contributed by atoms with van der Waals surface area (Å²) in [6.45, 7) is 2.00. The average Bonchev–Trinajstić information content (AvgIpc) is 2.75. The third kappa shape index (κ3) is 3.29. The maximum absolute atomic E-state index is 11.3. The highest BCUT2D eigenvalue weighted by Gasteiger charge is 2.22. The molecule has 5 nitrogen and oxygen atoms in total. The number of rotatable bonds is 3. The number of nitrogens with zero attached hydrogens (tertiary/aromatic N) is 3. The molecule has 1 aromatic heterocycles. The van der Waals surface area contributed by atoms with Gasteiger partial charge in [-0.15, -0.1) is 0 Å². The molecule has 1 aromatic rings. The van der Waals surface area contributed by atoms with Crippen LogP contribution in [0.15, 0.2) is 16.9 Å². The lowest BCUT2D eigenvalue weighted by Crippen LogP contribution is -2.40. The van der Waals surface area contributed by atoms with E-state index in [-0.39, 0.29) is 12.5 Å². The van der Waals surface area contributed by atoms with Crippen molar-refractivity contribution < 1.29 is 9.90 Å². The number of carbonyl (C=O) groups is 1. The average molecular weight is 302 g/mol. The van der Waals surface area contributed by atoms with Gasteiger partial charge in [-0.1, -0.05) is 0 Å². The Bertz CT molecular complexity index is 386. The second kappa shape index (κ2) is 5.64. The predicted molar refractivity (Wildman–Crippen MR) is 66.3 cm³/mol. The molecule has 1 aliphatic rings. The topological polar surface area (TPSA) is 58.4 Å². The van der Waals surface area contributed by atoms with E-state index in [1.807, 2.05) is 10.9 Å². The zero-order valence-corrected chi connectivity index (χ0v) is 11.1. The number of aliphatic hydroxyl groups is 1. The molecule has 1 amide bonds. The normalized spacial score (nSPS) is 17.4. The van der Waals surface area contributed by atoms with Gasteiger partial charge in [-0.2, -0.15) is 5.10 Å². The van der Waals surface area contributed by atoms with Crippen molar-refractivity contribution in [3.8, 4) is 0 Å². The Kier molecular flexibility index (Phi) is 4.17. The van der Waals surface area contributed by atoms with Gasteiger partial charge in [0, 0.05) is 25.8 Å². The minimum absolute atomic E-state index is 0.162. The summed E-state index contributed by atoms with van der Waals surface area (Å²) in [6, 6.07) is 0. The maximum Gasteiger partial charge on any atom is 0.248 e. The number of amides is 1. The van der Waals surface area contributed by atoms with Crippen LogP contribution in [0.25, 0.3) is 0 Å². The minimum Gasteiger partial charge on any atom is -0.387 e. The lowest BCUT2D eigenvalue weighted by molar-refractivity contribution is -0.135. The van der Waals surface area contributed by atoms with E-state index in [1.54, 1.807) is 11.1 Å². The first-order valence-corrected chi connectivity index (χ1v) is 6.55. The Morgan fingerprint density at radius 3 is 2.76 bits per heavy atom. The molecule has 2 heterocycles. The summed E-state index contributed by atoms with van der Waals surface area (Å²) in [6.07, 6.45) is 5.70. The zero-order valence-electron chi connectivity index (χ0n) is 9.55. The van der Waals surface area contributed by atoms with Gasteiger partial charge in [0.1, 0.15) is 6.61 Å². The van der Waals surface area contributed by atoms with E-state index in [2.05, 4.69) is 21.0 Å². The van der Waals surface area contributed by atoms with Gasteiger partial charge in [-0.25, -0.2) is 0 Å². The van der Waals surface area contributed by atoms with Crippen LogP contribution in [0.3, 0.4) is 0 Å². The van der Waals surface area contributed by atoms with Gasteiger partial charge >= 0.3 is 0 Å². The van der Waals surface area contributed by atoms with Crippen molar-refractivity contribution in [1.29, 1.82) is 0 Å². The summed E-state index contributed by atoms with van der Waals surface area (Å²) < 4.78 is 2.92. The van der Waals surface area contributed by atoms with Gasteiger partial charge in [-0.3, -0.25) is 9.48 Å². The molecule has 1 aliphatic heterocycles. The third-order valence-electron chi connectivity index (χ3n) is 3.15. The Hall–Kier alpha value is -0.880. The highest BCUT2D eigenvalue weighted by atomic mass is 79.9. The van der Waals surface area contributed by atoms with Gasteiger partial charge in [0.15, 0.2) is 0 Å². The molecule has 2 rings (SSSR count). The maximum atomic E-state index is 11.3. The van der Waals surface area contributed by atoms with E-state index >= 15 is 0 Å². The zero-order chi connectivity index (χ0) is 12.3. The van der Waals surface area contributed by atoms with Gasteiger partial charge in [0.25, 0.3) is 0 Å². The molecule has 0 spiro atoms. The van der Waals surface area contributed by atoms with E-state index in [9.17, 15) is 4.79 Å². The third-order valence-corrected chi connectivity index (χ3v) is 3.56. The van der Waals surface area contributed by atoms with Gasteiger partial charge < -0.3 is 10.0 Å². The fraction of sp³-hybridized carbons (Fsp3) is 0.636. The van der Waals surface area contributed by atoms with Crippen LogP contribution in [0.5, 0.6) is 0 Å². The molecule has 1 saturated heterocycles. The Labute approximate surface area is 109 Å². The van der Waals surface area contributed by atoms with E-state index < -0.39 is 0 Å². The molecular formula is C11H16BrN3O2. The second-order valence-electron chi connectivity index (χ2n) is 4.36. The van der Waals surface area contributed by atoms with Crippen LogP contribution in [0.1, 0.15) is 12.8 Å². The first-order chi connectivity index (χ1) is 8.19. The lowest BCUT2D eigenvalue weighted by atomic mass is 9.97. The number of hydrogen-bond donors (Lipinski definition) is 1. The molecule has 0 aromatic carbocycles. The molecule has 94 valence electrons. The van der Waals surface area contributed by atoms with Gasteiger partial charge in [-0.05, 0) is 34.7 Å². The van der Waals surface area contributed by atoms with Crippen molar-refractivity contribution in [2.75, 3.05) is 19.7 Å². The van der Waals surface area contributed by atoms with Crippen LogP contribution in [0, 0.1) is 5.92 Å². The summed E-state index contributed by atoms with van der Waals surface area (Å²) in [5.74, 6) is 0.398. The minimum atomic E-state index is -0.378. The van der Waals surface area contributed by atoms with Crippen molar-refractivity contribution in [3.05, 3.63) is 16.9 Å². The molecule has 0 unspecified atom stereocenters. The summed E-state index contributed by atoms with van der Waals surface area (Å²) in [5.41, 5.74) is 0. The number of aliphatic hydroxyl groups excluding tert-OH is 1. The summed E-state index contributed by atoms with van der Waals surface area (Å²) in [5, 5.41) is 13.0. The lowest BCUT2D eigenvalue weighted by Gasteiger charge is -2.31. The fourth-order valence-corrected chi connectivity index (χ4v) is 2.50. The first-order valence-electron chi connectivity index (χ1n) is 5.75. The van der Waals surface area contributed by atoms with E-state index in [0.29, 0.717) is 5.92 Å². The fourth-order valence-electron chi connectivity index (χ4n) is 2.17. The van der Waals surface area contributed by atoms with Crippen molar-refractivity contribution in [2.45, 2.75) is 19.4 Å². The number of carbonyl (C=O) groups excluding carboxylic acids is 1. The van der Waals surface area contributed by atoms with Gasteiger partial charge in [0.05, 0.1) is 10.7 Å². The van der Waals surface area contributed by atoms with Crippen molar-refractivity contribution in [3.63, 3.8) is 0 Å². The number of aromatic nitrogens is 2. The Balaban J connectivity index is 1.81. The van der Waals surface area contributed by atoms with Crippen LogP contribution < -0.4 is 0 Å². The summed E-state index contributed by atoms with van der Waals surface area (Å²) in [7, 11) is 0. The molecule has 0 atom stereocenters. The molecule has 0 saturated carbocycles. The van der Waals surface area contributed by atoms with E-state index in [1.165, 1.54) is 0 Å². The predicted octanol–water partition coefficient (Wildman–Crippen LogP) is 0.876. The van der Waals surface area contributed by atoms with Crippen molar-refractivity contribution in [1.82, 2.24) is 14.7 Å². The largest absolute Gasteiger partial charge is 0.387 e. The summed E-state index contributed by atoms with van der Waals surface area (Å²) >= 11 is 3.37. The summed E-state index contributed by atoms with van der Waals surface area (Å²) in [4.78, 5) is 13.0. The molecule has 0 bridgehead atoms. The Morgan fingerprint density at radius 2 is 2.24 bits per heavy atom. The van der Waals surface area contributed by atoms with E-state index in [4.69, 9.17) is 5.11 Å². The molecule has 0 radical (unpaired) electrons. The molecule has 1 N–H and O–H groups in total. The number of piperidine rings is 1. The Morgan fingerprint density at radius 1 is 1.53 bits per heavy atom. The highest BCUT2D eigenvalue weighted by Crippen LogP contribution is 2.19. The number of hydrogen-bond acceptors (Lipinski definition) is 3. The monoisotopic (exact) mass is 301 g/mol. The second-order valence-corrected chi connectivity index (χ2v) is 5.28.